The monoisotopic (exact) mass is 250 g/mol. The zero-order valence-corrected chi connectivity index (χ0v) is 10.0. The van der Waals surface area contributed by atoms with E-state index in [-0.39, 0.29) is 17.8 Å². The van der Waals surface area contributed by atoms with Crippen molar-refractivity contribution in [1.82, 2.24) is 0 Å². The van der Waals surface area contributed by atoms with E-state index in [4.69, 9.17) is 0 Å². The van der Waals surface area contributed by atoms with Crippen molar-refractivity contribution in [1.29, 1.82) is 0 Å². The van der Waals surface area contributed by atoms with Gasteiger partial charge in [0, 0.05) is 0 Å². The lowest BCUT2D eigenvalue weighted by atomic mass is 10.0. The maximum Gasteiger partial charge on any atom is 0.162 e. The number of aryl methyl sites for hydroxylation is 3. The van der Waals surface area contributed by atoms with Crippen molar-refractivity contribution in [2.45, 2.75) is 19.8 Å². The SMILES string of the molecule is Cc1ccc(CCc2cccc(F)c2F)c(F)c1. The second-order valence-electron chi connectivity index (χ2n) is 4.31. The number of hydrogen-bond donors (Lipinski definition) is 0. The standard InChI is InChI=1S/C15H13F3/c1-10-5-6-11(14(17)9-10)7-8-12-3-2-4-13(16)15(12)18/h2-6,9H,7-8H2,1H3. The van der Waals surface area contributed by atoms with Crippen LogP contribution in [-0.2, 0) is 12.8 Å². The van der Waals surface area contributed by atoms with Gasteiger partial charge in [-0.1, -0.05) is 24.3 Å². The summed E-state index contributed by atoms with van der Waals surface area (Å²) in [6.45, 7) is 1.80. The Hall–Kier alpha value is -1.77. The summed E-state index contributed by atoms with van der Waals surface area (Å²) >= 11 is 0. The first-order chi connectivity index (χ1) is 8.58. The van der Waals surface area contributed by atoms with Crippen molar-refractivity contribution in [3.63, 3.8) is 0 Å². The molecule has 0 bridgehead atoms. The Labute approximate surface area is 104 Å². The van der Waals surface area contributed by atoms with Crippen molar-refractivity contribution in [3.05, 3.63) is 70.5 Å². The molecule has 0 heterocycles. The zero-order valence-electron chi connectivity index (χ0n) is 10.0. The molecule has 0 unspecified atom stereocenters. The molecule has 0 atom stereocenters. The molecule has 0 saturated heterocycles. The lowest BCUT2D eigenvalue weighted by Crippen LogP contribution is -1.99. The van der Waals surface area contributed by atoms with E-state index in [1.807, 2.05) is 0 Å². The van der Waals surface area contributed by atoms with E-state index in [0.29, 0.717) is 12.0 Å². The summed E-state index contributed by atoms with van der Waals surface area (Å²) in [6, 6.07) is 8.98. The molecule has 0 aromatic heterocycles. The number of halogens is 3. The minimum atomic E-state index is -0.864. The van der Waals surface area contributed by atoms with Crippen LogP contribution in [0.3, 0.4) is 0 Å². The highest BCUT2D eigenvalue weighted by atomic mass is 19.2. The van der Waals surface area contributed by atoms with Gasteiger partial charge in [-0.25, -0.2) is 13.2 Å². The molecule has 0 saturated carbocycles. The molecule has 0 aliphatic rings. The molecule has 0 aliphatic heterocycles. The average molecular weight is 250 g/mol. The number of hydrogen-bond acceptors (Lipinski definition) is 0. The lowest BCUT2D eigenvalue weighted by molar-refractivity contribution is 0.498. The van der Waals surface area contributed by atoms with E-state index in [2.05, 4.69) is 0 Å². The van der Waals surface area contributed by atoms with Gasteiger partial charge in [-0.05, 0) is 48.6 Å². The molecule has 3 heteroatoms. The number of rotatable bonds is 3. The highest BCUT2D eigenvalue weighted by Crippen LogP contribution is 2.16. The number of benzene rings is 2. The Morgan fingerprint density at radius 3 is 2.28 bits per heavy atom. The maximum atomic E-state index is 13.6. The van der Waals surface area contributed by atoms with Gasteiger partial charge in [0.1, 0.15) is 5.82 Å². The van der Waals surface area contributed by atoms with E-state index >= 15 is 0 Å². The second kappa shape index (κ2) is 5.25. The fraction of sp³-hybridized carbons (Fsp3) is 0.200. The summed E-state index contributed by atoms with van der Waals surface area (Å²) in [5, 5.41) is 0. The van der Waals surface area contributed by atoms with E-state index in [1.54, 1.807) is 19.1 Å². The fourth-order valence-corrected chi connectivity index (χ4v) is 1.87. The van der Waals surface area contributed by atoms with Gasteiger partial charge in [0.05, 0.1) is 0 Å². The van der Waals surface area contributed by atoms with Gasteiger partial charge in [-0.15, -0.1) is 0 Å². The van der Waals surface area contributed by atoms with Crippen molar-refractivity contribution < 1.29 is 13.2 Å². The van der Waals surface area contributed by atoms with E-state index in [1.165, 1.54) is 18.2 Å². The van der Waals surface area contributed by atoms with Crippen LogP contribution in [-0.4, -0.2) is 0 Å². The molecule has 0 aliphatic carbocycles. The molecule has 94 valence electrons. The quantitative estimate of drug-likeness (QED) is 0.766. The van der Waals surface area contributed by atoms with Crippen LogP contribution in [0.4, 0.5) is 13.2 Å². The third-order valence-corrected chi connectivity index (χ3v) is 2.90. The smallest absolute Gasteiger partial charge is 0.162 e. The van der Waals surface area contributed by atoms with Gasteiger partial charge in [-0.3, -0.25) is 0 Å². The summed E-state index contributed by atoms with van der Waals surface area (Å²) in [5.41, 5.74) is 1.63. The summed E-state index contributed by atoms with van der Waals surface area (Å²) in [7, 11) is 0. The second-order valence-corrected chi connectivity index (χ2v) is 4.31. The van der Waals surface area contributed by atoms with E-state index < -0.39 is 11.6 Å². The van der Waals surface area contributed by atoms with Crippen LogP contribution >= 0.6 is 0 Å². The summed E-state index contributed by atoms with van der Waals surface area (Å²) < 4.78 is 40.0. The van der Waals surface area contributed by atoms with Gasteiger partial charge < -0.3 is 0 Å². The molecule has 18 heavy (non-hydrogen) atoms. The summed E-state index contributed by atoms with van der Waals surface area (Å²) in [5.74, 6) is -2.01. The predicted octanol–water partition coefficient (Wildman–Crippen LogP) is 4.20. The molecular weight excluding hydrogens is 237 g/mol. The van der Waals surface area contributed by atoms with Crippen molar-refractivity contribution in [2.75, 3.05) is 0 Å². The molecule has 0 nitrogen and oxygen atoms in total. The third kappa shape index (κ3) is 2.73. The van der Waals surface area contributed by atoms with Crippen LogP contribution < -0.4 is 0 Å². The first kappa shape index (κ1) is 12.7. The molecular formula is C15H13F3. The molecule has 0 amide bonds. The van der Waals surface area contributed by atoms with Crippen molar-refractivity contribution in [2.24, 2.45) is 0 Å². The van der Waals surface area contributed by atoms with Crippen LogP contribution in [0.1, 0.15) is 16.7 Å². The van der Waals surface area contributed by atoms with Crippen molar-refractivity contribution in [3.8, 4) is 0 Å². The first-order valence-electron chi connectivity index (χ1n) is 5.76. The molecule has 0 spiro atoms. The van der Waals surface area contributed by atoms with E-state index in [9.17, 15) is 13.2 Å². The van der Waals surface area contributed by atoms with Gasteiger partial charge in [-0.2, -0.15) is 0 Å². The van der Waals surface area contributed by atoms with Gasteiger partial charge in [0.2, 0.25) is 0 Å². The Balaban J connectivity index is 2.14. The third-order valence-electron chi connectivity index (χ3n) is 2.90. The molecule has 0 N–H and O–H groups in total. The van der Waals surface area contributed by atoms with Crippen LogP contribution in [0.5, 0.6) is 0 Å². The van der Waals surface area contributed by atoms with Crippen LogP contribution in [0.2, 0.25) is 0 Å². The molecule has 0 radical (unpaired) electrons. The van der Waals surface area contributed by atoms with E-state index in [0.717, 1.165) is 11.6 Å². The minimum absolute atomic E-state index is 0.273. The van der Waals surface area contributed by atoms with Gasteiger partial charge >= 0.3 is 0 Å². The predicted molar refractivity (Wildman–Crippen MR) is 64.9 cm³/mol. The Morgan fingerprint density at radius 2 is 1.56 bits per heavy atom. The average Bonchev–Trinajstić information content (AvgIpc) is 2.33. The van der Waals surface area contributed by atoms with Crippen molar-refractivity contribution >= 4 is 0 Å². The minimum Gasteiger partial charge on any atom is -0.207 e. The fourth-order valence-electron chi connectivity index (χ4n) is 1.87. The van der Waals surface area contributed by atoms with Crippen LogP contribution in [0.25, 0.3) is 0 Å². The topological polar surface area (TPSA) is 0 Å². The molecule has 0 fully saturated rings. The normalized spacial score (nSPS) is 10.7. The highest BCUT2D eigenvalue weighted by Gasteiger charge is 2.09. The zero-order chi connectivity index (χ0) is 13.1. The largest absolute Gasteiger partial charge is 0.207 e. The maximum absolute atomic E-state index is 13.6. The Morgan fingerprint density at radius 1 is 0.833 bits per heavy atom. The van der Waals surface area contributed by atoms with Gasteiger partial charge in [0.25, 0.3) is 0 Å². The summed E-state index contributed by atoms with van der Waals surface area (Å²) in [4.78, 5) is 0. The van der Waals surface area contributed by atoms with Crippen LogP contribution in [0.15, 0.2) is 36.4 Å². The first-order valence-corrected chi connectivity index (χ1v) is 5.76. The Kier molecular flexibility index (Phi) is 3.70. The molecule has 2 aromatic carbocycles. The van der Waals surface area contributed by atoms with Gasteiger partial charge in [0.15, 0.2) is 11.6 Å². The lowest BCUT2D eigenvalue weighted by Gasteiger charge is -2.06. The van der Waals surface area contributed by atoms with Crippen LogP contribution in [0, 0.1) is 24.4 Å². The Bertz CT molecular complexity index is 562. The molecule has 2 rings (SSSR count). The molecule has 2 aromatic rings. The highest BCUT2D eigenvalue weighted by molar-refractivity contribution is 5.26. The summed E-state index contributed by atoms with van der Waals surface area (Å²) in [6.07, 6.45) is 0.635.